The summed E-state index contributed by atoms with van der Waals surface area (Å²) in [6.07, 6.45) is 0. The molecule has 0 bridgehead atoms. The minimum atomic E-state index is -0.710. The predicted octanol–water partition coefficient (Wildman–Crippen LogP) is 2.12. The van der Waals surface area contributed by atoms with Gasteiger partial charge in [-0.15, -0.1) is 0 Å². The molecular weight excluding hydrogens is 240 g/mol. The first-order chi connectivity index (χ1) is 8.58. The maximum atomic E-state index is 13.4. The quantitative estimate of drug-likeness (QED) is 0.779. The SMILES string of the molecule is CNc1cc(Nc2ccc(F)cc2F)nc(N)n1. The molecule has 94 valence electrons. The zero-order valence-corrected chi connectivity index (χ0v) is 9.54. The molecule has 1 aromatic carbocycles. The van der Waals surface area contributed by atoms with Gasteiger partial charge in [-0.3, -0.25) is 0 Å². The van der Waals surface area contributed by atoms with Gasteiger partial charge in [0.25, 0.3) is 0 Å². The van der Waals surface area contributed by atoms with Crippen molar-refractivity contribution in [3.8, 4) is 0 Å². The number of anilines is 4. The predicted molar refractivity (Wildman–Crippen MR) is 65.6 cm³/mol. The number of hydrogen-bond acceptors (Lipinski definition) is 5. The van der Waals surface area contributed by atoms with Crippen molar-refractivity contribution in [1.29, 1.82) is 0 Å². The van der Waals surface area contributed by atoms with Gasteiger partial charge >= 0.3 is 0 Å². The van der Waals surface area contributed by atoms with E-state index in [9.17, 15) is 8.78 Å². The molecule has 0 aliphatic carbocycles. The highest BCUT2D eigenvalue weighted by atomic mass is 19.1. The van der Waals surface area contributed by atoms with E-state index in [1.807, 2.05) is 0 Å². The number of hydrogen-bond donors (Lipinski definition) is 3. The molecule has 0 aliphatic heterocycles. The van der Waals surface area contributed by atoms with Crippen LogP contribution in [0.3, 0.4) is 0 Å². The summed E-state index contributed by atoms with van der Waals surface area (Å²) in [6, 6.07) is 4.77. The number of nitrogens with two attached hydrogens (primary N) is 1. The van der Waals surface area contributed by atoms with Gasteiger partial charge in [-0.25, -0.2) is 8.78 Å². The summed E-state index contributed by atoms with van der Waals surface area (Å²) in [5.41, 5.74) is 5.60. The highest BCUT2D eigenvalue weighted by Crippen LogP contribution is 2.21. The minimum Gasteiger partial charge on any atom is -0.373 e. The summed E-state index contributed by atoms with van der Waals surface area (Å²) in [4.78, 5) is 7.79. The maximum absolute atomic E-state index is 13.4. The zero-order valence-electron chi connectivity index (χ0n) is 9.54. The summed E-state index contributed by atoms with van der Waals surface area (Å²) >= 11 is 0. The van der Waals surface area contributed by atoms with Crippen molar-refractivity contribution in [1.82, 2.24) is 9.97 Å². The van der Waals surface area contributed by atoms with Crippen LogP contribution in [0.25, 0.3) is 0 Å². The Balaban J connectivity index is 2.30. The number of nitrogen functional groups attached to an aromatic ring is 1. The lowest BCUT2D eigenvalue weighted by Crippen LogP contribution is -2.04. The third-order valence-corrected chi connectivity index (χ3v) is 2.19. The molecule has 18 heavy (non-hydrogen) atoms. The van der Waals surface area contributed by atoms with E-state index in [4.69, 9.17) is 5.73 Å². The van der Waals surface area contributed by atoms with E-state index in [2.05, 4.69) is 20.6 Å². The molecule has 0 fully saturated rings. The lowest BCUT2D eigenvalue weighted by Gasteiger charge is -2.08. The Morgan fingerprint density at radius 2 is 1.83 bits per heavy atom. The highest BCUT2D eigenvalue weighted by Gasteiger charge is 2.06. The van der Waals surface area contributed by atoms with Crippen molar-refractivity contribution in [3.63, 3.8) is 0 Å². The first-order valence-corrected chi connectivity index (χ1v) is 5.13. The number of aromatic nitrogens is 2. The third kappa shape index (κ3) is 2.62. The summed E-state index contributed by atoms with van der Waals surface area (Å²) in [6.45, 7) is 0. The third-order valence-electron chi connectivity index (χ3n) is 2.19. The fourth-order valence-corrected chi connectivity index (χ4v) is 1.39. The van der Waals surface area contributed by atoms with Crippen LogP contribution in [0.15, 0.2) is 24.3 Å². The molecule has 7 heteroatoms. The van der Waals surface area contributed by atoms with Crippen LogP contribution in [0.4, 0.5) is 32.1 Å². The van der Waals surface area contributed by atoms with Gasteiger partial charge in [0.15, 0.2) is 0 Å². The molecule has 4 N–H and O–H groups in total. The smallest absolute Gasteiger partial charge is 0.223 e. The molecule has 0 saturated heterocycles. The van der Waals surface area contributed by atoms with Gasteiger partial charge in [-0.2, -0.15) is 9.97 Å². The second-order valence-corrected chi connectivity index (χ2v) is 3.50. The monoisotopic (exact) mass is 251 g/mol. The van der Waals surface area contributed by atoms with Crippen LogP contribution in [0.5, 0.6) is 0 Å². The van der Waals surface area contributed by atoms with Crippen LogP contribution in [-0.2, 0) is 0 Å². The summed E-state index contributed by atoms with van der Waals surface area (Å²) in [5, 5.41) is 5.50. The van der Waals surface area contributed by atoms with Crippen LogP contribution in [0.2, 0.25) is 0 Å². The molecule has 2 aromatic rings. The minimum absolute atomic E-state index is 0.0480. The molecule has 0 atom stereocenters. The van der Waals surface area contributed by atoms with E-state index < -0.39 is 11.6 Å². The van der Waals surface area contributed by atoms with Crippen LogP contribution >= 0.6 is 0 Å². The first kappa shape index (κ1) is 12.0. The summed E-state index contributed by atoms with van der Waals surface area (Å²) in [7, 11) is 1.67. The molecule has 2 rings (SSSR count). The van der Waals surface area contributed by atoms with Gasteiger partial charge in [0, 0.05) is 19.2 Å². The normalized spacial score (nSPS) is 10.2. The molecule has 0 spiro atoms. The number of nitrogens with one attached hydrogen (secondary N) is 2. The largest absolute Gasteiger partial charge is 0.373 e. The Bertz CT molecular complexity index is 573. The van der Waals surface area contributed by atoms with E-state index in [1.54, 1.807) is 13.1 Å². The summed E-state index contributed by atoms with van der Waals surface area (Å²) < 4.78 is 26.2. The number of benzene rings is 1. The first-order valence-electron chi connectivity index (χ1n) is 5.13. The van der Waals surface area contributed by atoms with Crippen molar-refractivity contribution < 1.29 is 8.78 Å². The van der Waals surface area contributed by atoms with Gasteiger partial charge in [0.1, 0.15) is 23.3 Å². The van der Waals surface area contributed by atoms with Gasteiger partial charge < -0.3 is 16.4 Å². The zero-order chi connectivity index (χ0) is 13.1. The lowest BCUT2D eigenvalue weighted by molar-refractivity contribution is 0.586. The Kier molecular flexibility index (Phi) is 3.22. The van der Waals surface area contributed by atoms with Gasteiger partial charge in [-0.05, 0) is 12.1 Å². The van der Waals surface area contributed by atoms with E-state index in [0.29, 0.717) is 11.6 Å². The average molecular weight is 251 g/mol. The van der Waals surface area contributed by atoms with Gasteiger partial charge in [-0.1, -0.05) is 0 Å². The van der Waals surface area contributed by atoms with E-state index in [-0.39, 0.29) is 11.6 Å². The standard InChI is InChI=1S/C11H11F2N5/c1-15-9-5-10(18-11(14)17-9)16-8-3-2-6(12)4-7(8)13/h2-5H,1H3,(H4,14,15,16,17,18). The van der Waals surface area contributed by atoms with Crippen LogP contribution in [0.1, 0.15) is 0 Å². The van der Waals surface area contributed by atoms with E-state index in [1.165, 1.54) is 6.07 Å². The Labute approximate surface area is 102 Å². The van der Waals surface area contributed by atoms with Crippen molar-refractivity contribution >= 4 is 23.3 Å². The fourth-order valence-electron chi connectivity index (χ4n) is 1.39. The molecule has 0 saturated carbocycles. The summed E-state index contributed by atoms with van der Waals surface area (Å²) in [5.74, 6) is -0.494. The van der Waals surface area contributed by atoms with Crippen molar-refractivity contribution in [2.24, 2.45) is 0 Å². The molecule has 0 amide bonds. The fraction of sp³-hybridized carbons (Fsp3) is 0.0909. The highest BCUT2D eigenvalue weighted by molar-refractivity contribution is 5.61. The second-order valence-electron chi connectivity index (χ2n) is 3.50. The van der Waals surface area contributed by atoms with Crippen molar-refractivity contribution in [2.45, 2.75) is 0 Å². The molecule has 5 nitrogen and oxygen atoms in total. The van der Waals surface area contributed by atoms with Gasteiger partial charge in [0.05, 0.1) is 5.69 Å². The van der Waals surface area contributed by atoms with E-state index >= 15 is 0 Å². The maximum Gasteiger partial charge on any atom is 0.223 e. The van der Waals surface area contributed by atoms with Gasteiger partial charge in [0.2, 0.25) is 5.95 Å². The second kappa shape index (κ2) is 4.82. The van der Waals surface area contributed by atoms with E-state index in [0.717, 1.165) is 12.1 Å². The van der Waals surface area contributed by atoms with Crippen LogP contribution < -0.4 is 16.4 Å². The van der Waals surface area contributed by atoms with Crippen molar-refractivity contribution in [3.05, 3.63) is 35.9 Å². The molecule has 0 radical (unpaired) electrons. The number of rotatable bonds is 3. The molecule has 1 heterocycles. The molecule has 1 aromatic heterocycles. The topological polar surface area (TPSA) is 75.9 Å². The molecule has 0 unspecified atom stereocenters. The average Bonchev–Trinajstić information content (AvgIpc) is 2.32. The van der Waals surface area contributed by atoms with Crippen LogP contribution in [-0.4, -0.2) is 17.0 Å². The van der Waals surface area contributed by atoms with Crippen LogP contribution in [0, 0.1) is 11.6 Å². The lowest BCUT2D eigenvalue weighted by atomic mass is 10.3. The Hall–Kier alpha value is -2.44. The Morgan fingerprint density at radius 1 is 1.11 bits per heavy atom. The Morgan fingerprint density at radius 3 is 2.50 bits per heavy atom. The molecular formula is C11H11F2N5. The molecule has 0 aliphatic rings. The number of nitrogens with zero attached hydrogens (tertiary/aromatic N) is 2. The number of halogens is 2. The van der Waals surface area contributed by atoms with Crippen molar-refractivity contribution in [2.75, 3.05) is 23.4 Å².